The second-order valence-corrected chi connectivity index (χ2v) is 5.19. The Hall–Kier alpha value is -2.76. The van der Waals surface area contributed by atoms with Gasteiger partial charge in [0.2, 0.25) is 0 Å². The summed E-state index contributed by atoms with van der Waals surface area (Å²) in [5, 5.41) is -0.0285. The number of aromatic nitrogens is 1. The highest BCUT2D eigenvalue weighted by atomic mass is 19.4. The Morgan fingerprint density at radius 2 is 1.79 bits per heavy atom. The Kier molecular flexibility index (Phi) is 4.05. The first-order valence-corrected chi connectivity index (χ1v) is 7.38. The molecule has 6 heteroatoms. The maximum Gasteiger partial charge on any atom is 0.417 e. The number of carbonyl (C=O) groups excluding carboxylic acids is 1. The van der Waals surface area contributed by atoms with Crippen LogP contribution in [0.1, 0.15) is 23.0 Å². The van der Waals surface area contributed by atoms with Gasteiger partial charge in [-0.05, 0) is 24.6 Å². The zero-order valence-electron chi connectivity index (χ0n) is 12.8. The number of hydrogen-bond acceptors (Lipinski definition) is 2. The molecule has 0 saturated carbocycles. The molecular formula is C18H14F3NO2. The molecule has 0 saturated heterocycles. The number of benzene rings is 2. The summed E-state index contributed by atoms with van der Waals surface area (Å²) in [6, 6.07) is 12.3. The lowest BCUT2D eigenvalue weighted by Crippen LogP contribution is -2.07. The molecule has 0 aliphatic carbocycles. The molecule has 0 radical (unpaired) electrons. The molecule has 0 atom stereocenters. The van der Waals surface area contributed by atoms with Gasteiger partial charge in [0, 0.05) is 16.5 Å². The first-order chi connectivity index (χ1) is 11.4. The molecule has 3 nitrogen and oxygen atoms in total. The molecule has 0 unspecified atom stereocenters. The van der Waals surface area contributed by atoms with Gasteiger partial charge in [0.25, 0.3) is 0 Å². The van der Waals surface area contributed by atoms with Crippen LogP contribution in [0.2, 0.25) is 0 Å². The smallest absolute Gasteiger partial charge is 0.417 e. The van der Waals surface area contributed by atoms with E-state index in [4.69, 9.17) is 4.74 Å². The Morgan fingerprint density at radius 3 is 2.42 bits per heavy atom. The van der Waals surface area contributed by atoms with Gasteiger partial charge in [-0.2, -0.15) is 13.2 Å². The van der Waals surface area contributed by atoms with Gasteiger partial charge >= 0.3 is 12.1 Å². The van der Waals surface area contributed by atoms with Crippen molar-refractivity contribution in [3.63, 3.8) is 0 Å². The van der Waals surface area contributed by atoms with E-state index in [1.54, 1.807) is 37.3 Å². The van der Waals surface area contributed by atoms with E-state index in [1.165, 1.54) is 12.1 Å². The first-order valence-electron chi connectivity index (χ1n) is 7.38. The summed E-state index contributed by atoms with van der Waals surface area (Å²) in [5.74, 6) is -0.680. The minimum Gasteiger partial charge on any atom is -0.461 e. The molecule has 1 aromatic heterocycles. The Balaban J connectivity index is 2.39. The van der Waals surface area contributed by atoms with E-state index in [2.05, 4.69) is 4.98 Å². The number of fused-ring (bicyclic) bond motifs is 1. The van der Waals surface area contributed by atoms with E-state index in [1.807, 2.05) is 0 Å². The number of nitrogens with one attached hydrogen (secondary N) is 1. The zero-order valence-corrected chi connectivity index (χ0v) is 12.8. The number of halogens is 3. The predicted molar refractivity (Wildman–Crippen MR) is 84.7 cm³/mol. The van der Waals surface area contributed by atoms with E-state index >= 15 is 0 Å². The number of carbonyl (C=O) groups is 1. The maximum atomic E-state index is 13.4. The zero-order chi connectivity index (χ0) is 17.3. The van der Waals surface area contributed by atoms with Crippen molar-refractivity contribution in [1.29, 1.82) is 0 Å². The number of hydrogen-bond donors (Lipinski definition) is 1. The summed E-state index contributed by atoms with van der Waals surface area (Å²) in [7, 11) is 0. The molecule has 0 spiro atoms. The molecule has 1 N–H and O–H groups in total. The molecule has 0 fully saturated rings. The van der Waals surface area contributed by atoms with Gasteiger partial charge in [-0.3, -0.25) is 0 Å². The summed E-state index contributed by atoms with van der Waals surface area (Å²) in [6.45, 7) is 1.78. The van der Waals surface area contributed by atoms with Crippen molar-refractivity contribution in [2.45, 2.75) is 13.1 Å². The Morgan fingerprint density at radius 1 is 1.08 bits per heavy atom. The van der Waals surface area contributed by atoms with Crippen molar-refractivity contribution in [2.75, 3.05) is 6.61 Å². The summed E-state index contributed by atoms with van der Waals surface area (Å²) < 4.78 is 45.3. The van der Waals surface area contributed by atoms with E-state index in [0.29, 0.717) is 5.56 Å². The van der Waals surface area contributed by atoms with E-state index in [9.17, 15) is 18.0 Å². The second kappa shape index (κ2) is 6.03. The third-order valence-electron chi connectivity index (χ3n) is 3.67. The van der Waals surface area contributed by atoms with Crippen LogP contribution < -0.4 is 0 Å². The molecule has 3 aromatic rings. The highest BCUT2D eigenvalue weighted by Crippen LogP contribution is 2.41. The van der Waals surface area contributed by atoms with Crippen molar-refractivity contribution >= 4 is 16.9 Å². The van der Waals surface area contributed by atoms with Crippen LogP contribution in [0.15, 0.2) is 48.5 Å². The Labute approximate surface area is 136 Å². The average Bonchev–Trinajstić information content (AvgIpc) is 2.94. The highest BCUT2D eigenvalue weighted by Gasteiger charge is 2.35. The Bertz CT molecular complexity index is 882. The molecule has 2 aromatic carbocycles. The molecule has 1 heterocycles. The second-order valence-electron chi connectivity index (χ2n) is 5.19. The number of aromatic amines is 1. The molecule has 3 rings (SSSR count). The SMILES string of the molecule is CCOC(=O)c1[nH]c2cccc(C(F)(F)F)c2c1-c1ccccc1. The summed E-state index contributed by atoms with van der Waals surface area (Å²) in [5.41, 5.74) is 0.201. The topological polar surface area (TPSA) is 42.1 Å². The number of esters is 1. The van der Waals surface area contributed by atoms with Gasteiger partial charge in [-0.25, -0.2) is 4.79 Å². The van der Waals surface area contributed by atoms with Crippen molar-refractivity contribution in [3.8, 4) is 11.1 Å². The van der Waals surface area contributed by atoms with Gasteiger partial charge in [-0.15, -0.1) is 0 Å². The van der Waals surface area contributed by atoms with Crippen molar-refractivity contribution in [3.05, 3.63) is 59.8 Å². The third kappa shape index (κ3) is 2.75. The molecule has 0 aliphatic heterocycles. The molecule has 0 aliphatic rings. The minimum atomic E-state index is -4.53. The fraction of sp³-hybridized carbons (Fsp3) is 0.167. The molecule has 0 bridgehead atoms. The van der Waals surface area contributed by atoms with Crippen molar-refractivity contribution in [1.82, 2.24) is 4.98 Å². The average molecular weight is 333 g/mol. The van der Waals surface area contributed by atoms with Crippen LogP contribution in [-0.2, 0) is 10.9 Å². The lowest BCUT2D eigenvalue weighted by atomic mass is 9.98. The van der Waals surface area contributed by atoms with E-state index in [0.717, 1.165) is 6.07 Å². The van der Waals surface area contributed by atoms with Crippen LogP contribution in [0.5, 0.6) is 0 Å². The van der Waals surface area contributed by atoms with Crippen LogP contribution in [0.4, 0.5) is 13.2 Å². The number of H-pyrrole nitrogens is 1. The van der Waals surface area contributed by atoms with E-state index < -0.39 is 17.7 Å². The largest absolute Gasteiger partial charge is 0.461 e. The maximum absolute atomic E-state index is 13.4. The van der Waals surface area contributed by atoms with Crippen LogP contribution in [0, 0.1) is 0 Å². The fourth-order valence-electron chi connectivity index (χ4n) is 2.73. The molecule has 24 heavy (non-hydrogen) atoms. The summed E-state index contributed by atoms with van der Waals surface area (Å²) >= 11 is 0. The van der Waals surface area contributed by atoms with Gasteiger partial charge in [0.05, 0.1) is 12.2 Å². The van der Waals surface area contributed by atoms with Gasteiger partial charge < -0.3 is 9.72 Å². The number of rotatable bonds is 3. The first kappa shape index (κ1) is 16.1. The lowest BCUT2D eigenvalue weighted by molar-refractivity contribution is -0.136. The summed E-state index contributed by atoms with van der Waals surface area (Å²) in [6.07, 6.45) is -4.53. The minimum absolute atomic E-state index is 0.0229. The van der Waals surface area contributed by atoms with Crippen molar-refractivity contribution < 1.29 is 22.7 Å². The summed E-state index contributed by atoms with van der Waals surface area (Å²) in [4.78, 5) is 15.0. The van der Waals surface area contributed by atoms with Crippen LogP contribution in [0.25, 0.3) is 22.0 Å². The monoisotopic (exact) mass is 333 g/mol. The molecular weight excluding hydrogens is 319 g/mol. The normalized spacial score (nSPS) is 11.7. The van der Waals surface area contributed by atoms with Gasteiger partial charge in [-0.1, -0.05) is 36.4 Å². The van der Waals surface area contributed by atoms with Gasteiger partial charge in [0.15, 0.2) is 0 Å². The predicted octanol–water partition coefficient (Wildman–Crippen LogP) is 5.03. The fourth-order valence-corrected chi connectivity index (χ4v) is 2.73. The standard InChI is InChI=1S/C18H14F3NO2/c1-2-24-17(23)16-14(11-7-4-3-5-8-11)15-12(18(19,20)21)9-6-10-13(15)22-16/h3-10,22H,2H2,1H3. The number of ether oxygens (including phenoxy) is 1. The van der Waals surface area contributed by atoms with Crippen molar-refractivity contribution in [2.24, 2.45) is 0 Å². The van der Waals surface area contributed by atoms with Gasteiger partial charge in [0.1, 0.15) is 5.69 Å². The lowest BCUT2D eigenvalue weighted by Gasteiger charge is -2.10. The quantitative estimate of drug-likeness (QED) is 0.683. The molecule has 124 valence electrons. The van der Waals surface area contributed by atoms with E-state index in [-0.39, 0.29) is 28.8 Å². The number of alkyl halides is 3. The van der Waals surface area contributed by atoms with Crippen LogP contribution >= 0.6 is 0 Å². The third-order valence-corrected chi connectivity index (χ3v) is 3.67. The molecule has 0 amide bonds. The van der Waals surface area contributed by atoms with Crippen LogP contribution in [0.3, 0.4) is 0 Å². The van der Waals surface area contributed by atoms with Crippen LogP contribution in [-0.4, -0.2) is 17.6 Å². The highest BCUT2D eigenvalue weighted by molar-refractivity contribution is 6.09.